The molecule has 13 heteroatoms. The topological polar surface area (TPSA) is 160 Å². The van der Waals surface area contributed by atoms with Crippen molar-refractivity contribution in [3.8, 4) is 17.0 Å². The largest absolute Gasteiger partial charge is 0.507 e. The Kier molecular flexibility index (Phi) is 8.76. The van der Waals surface area contributed by atoms with Crippen LogP contribution < -0.4 is 20.4 Å². The lowest BCUT2D eigenvalue weighted by Gasteiger charge is -2.42. The van der Waals surface area contributed by atoms with Gasteiger partial charge in [0.2, 0.25) is 5.95 Å². The molecule has 3 atom stereocenters. The molecular weight excluding hydrogens is 610 g/mol. The van der Waals surface area contributed by atoms with Crippen molar-refractivity contribution in [2.75, 3.05) is 53.2 Å². The van der Waals surface area contributed by atoms with Crippen molar-refractivity contribution < 1.29 is 19.2 Å². The zero-order valence-corrected chi connectivity index (χ0v) is 27.7. The van der Waals surface area contributed by atoms with Crippen LogP contribution >= 0.6 is 0 Å². The van der Waals surface area contributed by atoms with Crippen LogP contribution in [0.4, 0.5) is 23.3 Å². The van der Waals surface area contributed by atoms with Crippen LogP contribution in [0.25, 0.3) is 11.3 Å². The number of aromatic hydroxyl groups is 1. The fourth-order valence-corrected chi connectivity index (χ4v) is 7.53. The summed E-state index contributed by atoms with van der Waals surface area (Å²) in [4.78, 5) is 29.2. The van der Waals surface area contributed by atoms with Gasteiger partial charge in [-0.3, -0.25) is 4.79 Å². The number of anilines is 4. The molecule has 0 saturated carbocycles. The van der Waals surface area contributed by atoms with Crippen LogP contribution in [0, 0.1) is 5.92 Å². The number of hydrogen-bond donors (Lipinski definition) is 2. The van der Waals surface area contributed by atoms with Crippen molar-refractivity contribution >= 4 is 29.2 Å². The number of benzene rings is 1. The van der Waals surface area contributed by atoms with E-state index in [0.29, 0.717) is 35.4 Å². The van der Waals surface area contributed by atoms with E-state index in [2.05, 4.69) is 30.1 Å². The molecule has 3 N–H and O–H groups in total. The standard InChI is InChI=1S/C35H43N9O4/c1-4-47-34(46)32(21(2)3)30-16-31(41-48-30)42-13-11-22(12-14-42)23-17-37-35(38-18-23)44-24-9-10-25(44)20-43(19-24)28-15-27(39-40-33(28)36)26-7-5-6-8-29(26)45/h5-8,15-18,21-22,24-25,32,45H,4,9-14,19-20H2,1-3H3,(H2,36,40). The summed E-state index contributed by atoms with van der Waals surface area (Å²) in [6, 6.07) is 11.5. The van der Waals surface area contributed by atoms with Crippen LogP contribution in [0.5, 0.6) is 5.75 Å². The van der Waals surface area contributed by atoms with Gasteiger partial charge in [-0.2, -0.15) is 0 Å². The minimum atomic E-state index is -0.466. The number of nitrogens with zero attached hydrogens (tertiary/aromatic N) is 8. The summed E-state index contributed by atoms with van der Waals surface area (Å²) < 4.78 is 10.9. The number of fused-ring (bicyclic) bond motifs is 2. The molecule has 13 nitrogen and oxygen atoms in total. The van der Waals surface area contributed by atoms with Crippen molar-refractivity contribution in [1.29, 1.82) is 0 Å². The van der Waals surface area contributed by atoms with Gasteiger partial charge >= 0.3 is 5.97 Å². The number of para-hydroxylation sites is 1. The molecule has 2 bridgehead atoms. The summed E-state index contributed by atoms with van der Waals surface area (Å²) in [6.45, 7) is 9.32. The second-order valence-electron chi connectivity index (χ2n) is 13.4. The zero-order valence-electron chi connectivity index (χ0n) is 27.7. The number of carbonyl (C=O) groups is 1. The van der Waals surface area contributed by atoms with Crippen molar-refractivity contribution in [2.24, 2.45) is 5.92 Å². The first kappa shape index (κ1) is 31.6. The van der Waals surface area contributed by atoms with E-state index in [1.807, 2.05) is 57.4 Å². The van der Waals surface area contributed by atoms with Gasteiger partial charge in [0.05, 0.1) is 18.0 Å². The highest BCUT2D eigenvalue weighted by Gasteiger charge is 2.42. The van der Waals surface area contributed by atoms with Crippen LogP contribution in [-0.2, 0) is 9.53 Å². The maximum absolute atomic E-state index is 12.5. The molecule has 0 amide bonds. The van der Waals surface area contributed by atoms with Gasteiger partial charge in [-0.15, -0.1) is 10.2 Å². The SMILES string of the molecule is CCOC(=O)C(c1cc(N2CCC(c3cnc(N4C5CCC4CN(c4cc(-c6ccccc6O)nnc4N)C5)nc3)CC2)no1)C(C)C. The molecule has 0 radical (unpaired) electrons. The molecule has 48 heavy (non-hydrogen) atoms. The molecule has 0 spiro atoms. The van der Waals surface area contributed by atoms with Gasteiger partial charge in [0, 0.05) is 62.3 Å². The molecular formula is C35H43N9O4. The molecule has 1 aromatic carbocycles. The van der Waals surface area contributed by atoms with Crippen molar-refractivity contribution in [3.05, 3.63) is 60.1 Å². The monoisotopic (exact) mass is 653 g/mol. The fourth-order valence-electron chi connectivity index (χ4n) is 7.53. The highest BCUT2D eigenvalue weighted by atomic mass is 16.5. The predicted octanol–water partition coefficient (Wildman–Crippen LogP) is 4.75. The first-order valence-electron chi connectivity index (χ1n) is 17.0. The third kappa shape index (κ3) is 6.09. The van der Waals surface area contributed by atoms with Gasteiger partial charge in [-0.25, -0.2) is 9.97 Å². The molecule has 3 unspecified atom stereocenters. The normalized spacial score (nSPS) is 20.4. The van der Waals surface area contributed by atoms with Crippen LogP contribution in [0.1, 0.15) is 69.6 Å². The summed E-state index contributed by atoms with van der Waals surface area (Å²) in [5, 5.41) is 23.1. The fraction of sp³-hybridized carbons (Fsp3) is 0.486. The number of rotatable bonds is 9. The quantitative estimate of drug-likeness (QED) is 0.238. The predicted molar refractivity (Wildman–Crippen MR) is 182 cm³/mol. The number of nitrogen functional groups attached to an aromatic ring is 1. The summed E-state index contributed by atoms with van der Waals surface area (Å²) in [6.07, 6.45) is 8.00. The average Bonchev–Trinajstić information content (AvgIpc) is 3.67. The number of aromatic nitrogens is 5. The Hall–Kier alpha value is -4.94. The highest BCUT2D eigenvalue weighted by Crippen LogP contribution is 2.39. The Morgan fingerprint density at radius 1 is 1.02 bits per heavy atom. The van der Waals surface area contributed by atoms with Crippen molar-refractivity contribution in [1.82, 2.24) is 25.3 Å². The summed E-state index contributed by atoms with van der Waals surface area (Å²) in [5.41, 5.74) is 9.54. The Labute approximate surface area is 280 Å². The molecule has 252 valence electrons. The molecule has 3 aromatic heterocycles. The average molecular weight is 654 g/mol. The molecule has 7 rings (SSSR count). The van der Waals surface area contributed by atoms with E-state index < -0.39 is 5.92 Å². The Morgan fingerprint density at radius 2 is 1.73 bits per heavy atom. The maximum Gasteiger partial charge on any atom is 0.317 e. The Bertz CT molecular complexity index is 1720. The molecule has 3 saturated heterocycles. The zero-order chi connectivity index (χ0) is 33.4. The molecule has 0 aliphatic carbocycles. The van der Waals surface area contributed by atoms with E-state index >= 15 is 0 Å². The van der Waals surface area contributed by atoms with Crippen molar-refractivity contribution in [2.45, 2.75) is 70.4 Å². The van der Waals surface area contributed by atoms with E-state index in [1.165, 1.54) is 0 Å². The number of piperazine rings is 1. The first-order chi connectivity index (χ1) is 23.3. The second kappa shape index (κ2) is 13.3. The molecule has 3 fully saturated rings. The number of hydrogen-bond acceptors (Lipinski definition) is 13. The summed E-state index contributed by atoms with van der Waals surface area (Å²) in [7, 11) is 0. The number of phenolic OH excluding ortho intramolecular Hbond substituents is 1. The lowest BCUT2D eigenvalue weighted by Crippen LogP contribution is -2.54. The van der Waals surface area contributed by atoms with Crippen LogP contribution in [-0.4, -0.2) is 81.3 Å². The number of ether oxygens (including phenoxy) is 1. The van der Waals surface area contributed by atoms with Gasteiger partial charge < -0.3 is 34.8 Å². The van der Waals surface area contributed by atoms with Gasteiger partial charge in [0.25, 0.3) is 0 Å². The smallest absolute Gasteiger partial charge is 0.317 e. The molecule has 6 heterocycles. The highest BCUT2D eigenvalue weighted by molar-refractivity contribution is 5.78. The molecule has 3 aliphatic heterocycles. The number of phenols is 1. The van der Waals surface area contributed by atoms with E-state index in [1.54, 1.807) is 12.1 Å². The van der Waals surface area contributed by atoms with E-state index in [9.17, 15) is 9.90 Å². The molecule has 3 aliphatic rings. The van der Waals surface area contributed by atoms with Gasteiger partial charge in [0.1, 0.15) is 11.7 Å². The Morgan fingerprint density at radius 3 is 2.40 bits per heavy atom. The Balaban J connectivity index is 0.980. The maximum atomic E-state index is 12.5. The van der Waals surface area contributed by atoms with E-state index in [4.69, 9.17) is 25.0 Å². The summed E-state index contributed by atoms with van der Waals surface area (Å²) in [5.74, 6) is 2.29. The van der Waals surface area contributed by atoms with E-state index in [0.717, 1.165) is 74.9 Å². The number of carbonyl (C=O) groups excluding carboxylic acids is 1. The lowest BCUT2D eigenvalue weighted by atomic mass is 9.91. The number of esters is 1. The van der Waals surface area contributed by atoms with Crippen LogP contribution in [0.2, 0.25) is 0 Å². The number of piperidine rings is 1. The first-order valence-corrected chi connectivity index (χ1v) is 17.0. The van der Waals surface area contributed by atoms with E-state index in [-0.39, 0.29) is 29.7 Å². The van der Waals surface area contributed by atoms with Gasteiger partial charge in [-0.1, -0.05) is 31.1 Å². The van der Waals surface area contributed by atoms with Crippen LogP contribution in [0.3, 0.4) is 0 Å². The van der Waals surface area contributed by atoms with Gasteiger partial charge in [0.15, 0.2) is 17.4 Å². The van der Waals surface area contributed by atoms with Crippen LogP contribution in [0.15, 0.2) is 53.3 Å². The lowest BCUT2D eigenvalue weighted by molar-refractivity contribution is -0.146. The van der Waals surface area contributed by atoms with Gasteiger partial charge in [-0.05, 0) is 68.2 Å². The van der Waals surface area contributed by atoms with Crippen molar-refractivity contribution in [3.63, 3.8) is 0 Å². The minimum Gasteiger partial charge on any atom is -0.507 e. The minimum absolute atomic E-state index is 0.0412. The molecule has 4 aromatic rings. The second-order valence-corrected chi connectivity index (χ2v) is 13.4. The third-order valence-corrected chi connectivity index (χ3v) is 10.0. The number of nitrogens with two attached hydrogens (primary N) is 1. The summed E-state index contributed by atoms with van der Waals surface area (Å²) >= 11 is 0. The third-order valence-electron chi connectivity index (χ3n) is 10.0.